The van der Waals surface area contributed by atoms with Crippen molar-refractivity contribution in [2.24, 2.45) is 5.92 Å². The Morgan fingerprint density at radius 2 is 2.00 bits per heavy atom. The van der Waals surface area contributed by atoms with Crippen molar-refractivity contribution >= 4 is 5.97 Å². The first-order valence-electron chi connectivity index (χ1n) is 6.88. The fraction of sp³-hybridized carbons (Fsp3) is 0.923. The van der Waals surface area contributed by atoms with Gasteiger partial charge in [0, 0.05) is 38.8 Å². The summed E-state index contributed by atoms with van der Waals surface area (Å²) in [6.07, 6.45) is 1.11. The standard InChI is InChI=1S/C13H24N2O3/c1-10-9-18-8-3-12(10)15-6-4-14(5-7-15)11(2)13(16)17/h10-12H,3-9H2,1-2H3,(H,16,17). The Morgan fingerprint density at radius 1 is 1.33 bits per heavy atom. The van der Waals surface area contributed by atoms with Gasteiger partial charge in [-0.1, -0.05) is 6.92 Å². The van der Waals surface area contributed by atoms with Crippen LogP contribution in [0.5, 0.6) is 0 Å². The molecule has 2 rings (SSSR count). The normalized spacial score (nSPS) is 33.2. The lowest BCUT2D eigenvalue weighted by Gasteiger charge is -2.44. The summed E-state index contributed by atoms with van der Waals surface area (Å²) in [5, 5.41) is 9.02. The van der Waals surface area contributed by atoms with E-state index in [1.807, 2.05) is 0 Å². The number of piperazine rings is 1. The van der Waals surface area contributed by atoms with Crippen LogP contribution in [0, 0.1) is 5.92 Å². The Labute approximate surface area is 109 Å². The van der Waals surface area contributed by atoms with Gasteiger partial charge < -0.3 is 9.84 Å². The third-order valence-electron chi connectivity index (χ3n) is 4.32. The second-order valence-corrected chi connectivity index (χ2v) is 5.49. The Balaban J connectivity index is 1.84. The molecule has 5 heteroatoms. The van der Waals surface area contributed by atoms with Gasteiger partial charge in [0.2, 0.25) is 0 Å². The lowest BCUT2D eigenvalue weighted by molar-refractivity contribution is -0.143. The summed E-state index contributed by atoms with van der Waals surface area (Å²) >= 11 is 0. The zero-order valence-corrected chi connectivity index (χ0v) is 11.3. The van der Waals surface area contributed by atoms with Crippen LogP contribution in [0.25, 0.3) is 0 Å². The molecule has 3 atom stereocenters. The number of hydrogen-bond donors (Lipinski definition) is 1. The number of carboxylic acid groups (broad SMARTS) is 1. The Hall–Kier alpha value is -0.650. The van der Waals surface area contributed by atoms with Gasteiger partial charge in [-0.25, -0.2) is 0 Å². The molecule has 1 N–H and O–H groups in total. The van der Waals surface area contributed by atoms with Crippen molar-refractivity contribution in [3.63, 3.8) is 0 Å². The molecule has 2 aliphatic rings. The summed E-state index contributed by atoms with van der Waals surface area (Å²) in [5.74, 6) is -0.134. The van der Waals surface area contributed by atoms with E-state index in [1.165, 1.54) is 0 Å². The van der Waals surface area contributed by atoms with Gasteiger partial charge in [-0.05, 0) is 19.3 Å². The van der Waals surface area contributed by atoms with Crippen molar-refractivity contribution < 1.29 is 14.6 Å². The maximum atomic E-state index is 11.0. The molecule has 0 aliphatic carbocycles. The van der Waals surface area contributed by atoms with Gasteiger partial charge in [-0.3, -0.25) is 14.6 Å². The maximum absolute atomic E-state index is 11.0. The van der Waals surface area contributed by atoms with E-state index in [4.69, 9.17) is 9.84 Å². The average Bonchev–Trinajstić information content (AvgIpc) is 2.38. The second kappa shape index (κ2) is 5.99. The molecule has 2 heterocycles. The van der Waals surface area contributed by atoms with Crippen molar-refractivity contribution in [1.82, 2.24) is 9.80 Å². The first-order valence-corrected chi connectivity index (χ1v) is 6.88. The fourth-order valence-corrected chi connectivity index (χ4v) is 3.02. The van der Waals surface area contributed by atoms with Gasteiger partial charge in [-0.15, -0.1) is 0 Å². The highest BCUT2D eigenvalue weighted by atomic mass is 16.5. The quantitative estimate of drug-likeness (QED) is 0.797. The highest BCUT2D eigenvalue weighted by Crippen LogP contribution is 2.22. The second-order valence-electron chi connectivity index (χ2n) is 5.49. The molecule has 0 aromatic carbocycles. The maximum Gasteiger partial charge on any atom is 0.320 e. The van der Waals surface area contributed by atoms with E-state index in [0.29, 0.717) is 12.0 Å². The largest absolute Gasteiger partial charge is 0.480 e. The molecular formula is C13H24N2O3. The molecule has 0 amide bonds. The zero-order chi connectivity index (χ0) is 13.1. The minimum Gasteiger partial charge on any atom is -0.480 e. The summed E-state index contributed by atoms with van der Waals surface area (Å²) in [5.41, 5.74) is 0. The lowest BCUT2D eigenvalue weighted by atomic mass is 9.95. The smallest absolute Gasteiger partial charge is 0.320 e. The topological polar surface area (TPSA) is 53.0 Å². The van der Waals surface area contributed by atoms with E-state index in [1.54, 1.807) is 6.92 Å². The number of carbonyl (C=O) groups is 1. The molecule has 0 aromatic rings. The van der Waals surface area contributed by atoms with Crippen LogP contribution >= 0.6 is 0 Å². The van der Waals surface area contributed by atoms with Crippen LogP contribution < -0.4 is 0 Å². The minimum atomic E-state index is -0.720. The summed E-state index contributed by atoms with van der Waals surface area (Å²) in [6.45, 7) is 9.41. The van der Waals surface area contributed by atoms with Gasteiger partial charge in [-0.2, -0.15) is 0 Å². The summed E-state index contributed by atoms with van der Waals surface area (Å²) in [4.78, 5) is 15.5. The third kappa shape index (κ3) is 3.02. The molecule has 0 radical (unpaired) electrons. The molecule has 0 bridgehead atoms. The molecule has 104 valence electrons. The van der Waals surface area contributed by atoms with Gasteiger partial charge in [0.1, 0.15) is 6.04 Å². The minimum absolute atomic E-state index is 0.362. The Bertz CT molecular complexity index is 290. The number of nitrogens with zero attached hydrogens (tertiary/aromatic N) is 2. The van der Waals surface area contributed by atoms with Gasteiger partial charge in [0.15, 0.2) is 0 Å². The molecule has 2 aliphatic heterocycles. The molecule has 0 spiro atoms. The molecule has 2 saturated heterocycles. The summed E-state index contributed by atoms with van der Waals surface area (Å²) in [7, 11) is 0. The third-order valence-corrected chi connectivity index (χ3v) is 4.32. The molecular weight excluding hydrogens is 232 g/mol. The van der Waals surface area contributed by atoms with Crippen molar-refractivity contribution in [2.45, 2.75) is 32.4 Å². The Morgan fingerprint density at radius 3 is 2.56 bits per heavy atom. The average molecular weight is 256 g/mol. The van der Waals surface area contributed by atoms with Crippen molar-refractivity contribution in [3.05, 3.63) is 0 Å². The molecule has 3 unspecified atom stereocenters. The first kappa shape index (κ1) is 13.8. The van der Waals surface area contributed by atoms with Crippen LogP contribution in [0.1, 0.15) is 20.3 Å². The Kier molecular flexibility index (Phi) is 4.59. The van der Waals surface area contributed by atoms with Crippen LogP contribution in [0.2, 0.25) is 0 Å². The molecule has 0 aromatic heterocycles. The fourth-order valence-electron chi connectivity index (χ4n) is 3.02. The van der Waals surface area contributed by atoms with E-state index in [2.05, 4.69) is 16.7 Å². The zero-order valence-electron chi connectivity index (χ0n) is 11.3. The number of hydrogen-bond acceptors (Lipinski definition) is 4. The lowest BCUT2D eigenvalue weighted by Crippen LogP contribution is -2.56. The van der Waals surface area contributed by atoms with Gasteiger partial charge in [0.25, 0.3) is 0 Å². The van der Waals surface area contributed by atoms with Crippen molar-refractivity contribution in [2.75, 3.05) is 39.4 Å². The van der Waals surface area contributed by atoms with Crippen LogP contribution in [-0.4, -0.2) is 72.4 Å². The first-order chi connectivity index (χ1) is 8.59. The van der Waals surface area contributed by atoms with Crippen LogP contribution in [0.3, 0.4) is 0 Å². The summed E-state index contributed by atoms with van der Waals surface area (Å²) in [6, 6.07) is 0.250. The van der Waals surface area contributed by atoms with Crippen LogP contribution in [0.15, 0.2) is 0 Å². The molecule has 5 nitrogen and oxygen atoms in total. The van der Waals surface area contributed by atoms with E-state index < -0.39 is 5.97 Å². The van der Waals surface area contributed by atoms with Crippen LogP contribution in [-0.2, 0) is 9.53 Å². The van der Waals surface area contributed by atoms with E-state index in [-0.39, 0.29) is 6.04 Å². The highest BCUT2D eigenvalue weighted by molar-refractivity contribution is 5.72. The predicted molar refractivity (Wildman–Crippen MR) is 68.6 cm³/mol. The van der Waals surface area contributed by atoms with E-state index >= 15 is 0 Å². The van der Waals surface area contributed by atoms with Crippen molar-refractivity contribution in [1.29, 1.82) is 0 Å². The number of aliphatic carboxylic acids is 1. The highest BCUT2D eigenvalue weighted by Gasteiger charge is 2.32. The molecule has 2 fully saturated rings. The summed E-state index contributed by atoms with van der Waals surface area (Å²) < 4.78 is 5.48. The van der Waals surface area contributed by atoms with Crippen LogP contribution in [0.4, 0.5) is 0 Å². The van der Waals surface area contributed by atoms with Crippen molar-refractivity contribution in [3.8, 4) is 0 Å². The molecule has 0 saturated carbocycles. The number of ether oxygens (including phenoxy) is 1. The SMILES string of the molecule is CC1COCCC1N1CCN(C(C)C(=O)O)CC1. The monoisotopic (exact) mass is 256 g/mol. The van der Waals surface area contributed by atoms with Gasteiger partial charge >= 0.3 is 5.97 Å². The van der Waals surface area contributed by atoms with E-state index in [9.17, 15) is 4.79 Å². The van der Waals surface area contributed by atoms with E-state index in [0.717, 1.165) is 45.8 Å². The number of carboxylic acids is 1. The predicted octanol–water partition coefficient (Wildman–Crippen LogP) is 0.502. The number of rotatable bonds is 3. The molecule has 18 heavy (non-hydrogen) atoms. The van der Waals surface area contributed by atoms with Gasteiger partial charge in [0.05, 0.1) is 6.61 Å².